The van der Waals surface area contributed by atoms with Gasteiger partial charge in [0.15, 0.2) is 0 Å². The maximum absolute atomic E-state index is 11.6. The van der Waals surface area contributed by atoms with Crippen LogP contribution >= 0.6 is 37.9 Å². The first-order valence-corrected chi connectivity index (χ1v) is 9.67. The van der Waals surface area contributed by atoms with Crippen LogP contribution in [0.4, 0.5) is 0 Å². The van der Waals surface area contributed by atoms with Crippen LogP contribution in [0.2, 0.25) is 0 Å². The van der Waals surface area contributed by atoms with Gasteiger partial charge in [0.25, 0.3) is 0 Å². The third-order valence-electron chi connectivity index (χ3n) is 3.32. The van der Waals surface area contributed by atoms with Gasteiger partial charge in [-0.25, -0.2) is 0 Å². The number of rotatable bonds is 15. The summed E-state index contributed by atoms with van der Waals surface area (Å²) in [5.41, 5.74) is -0.292. The van der Waals surface area contributed by atoms with Crippen molar-refractivity contribution < 1.29 is 19.0 Å². The van der Waals surface area contributed by atoms with E-state index in [0.717, 1.165) is 30.8 Å². The first-order chi connectivity index (χ1) is 10.6. The second-order valence-electron chi connectivity index (χ2n) is 5.25. The van der Waals surface area contributed by atoms with E-state index < -0.39 is 0 Å². The predicted octanol–water partition coefficient (Wildman–Crippen LogP) is 2.92. The topological polar surface area (TPSA) is 44.8 Å². The fourth-order valence-corrected chi connectivity index (χ4v) is 2.18. The van der Waals surface area contributed by atoms with Crippen LogP contribution in [-0.4, -0.2) is 56.3 Å². The molecule has 132 valence electrons. The Balaban J connectivity index is 4.43. The van der Waals surface area contributed by atoms with Gasteiger partial charge in [0.05, 0.1) is 25.0 Å². The van der Waals surface area contributed by atoms with Gasteiger partial charge in [-0.2, -0.15) is 37.9 Å². The Kier molecular flexibility index (Phi) is 15.3. The normalized spacial score (nSPS) is 11.6. The van der Waals surface area contributed by atoms with Gasteiger partial charge in [-0.1, -0.05) is 6.92 Å². The molecule has 0 fully saturated rings. The number of thiol groups is 3. The second kappa shape index (κ2) is 15.0. The van der Waals surface area contributed by atoms with Gasteiger partial charge in [-0.15, -0.1) is 0 Å². The first-order valence-electron chi connectivity index (χ1n) is 7.78. The van der Waals surface area contributed by atoms with E-state index >= 15 is 0 Å². The number of carbonyl (C=O) groups is 1. The zero-order chi connectivity index (χ0) is 16.7. The van der Waals surface area contributed by atoms with Gasteiger partial charge < -0.3 is 14.2 Å². The number of hydrogen-bond acceptors (Lipinski definition) is 7. The first kappa shape index (κ1) is 22.4. The fourth-order valence-electron chi connectivity index (χ4n) is 1.74. The summed E-state index contributed by atoms with van der Waals surface area (Å²) in [7, 11) is 0. The molecule has 0 aromatic carbocycles. The zero-order valence-electron chi connectivity index (χ0n) is 13.5. The molecule has 0 aromatic heterocycles. The molecule has 0 saturated heterocycles. The zero-order valence-corrected chi connectivity index (χ0v) is 16.1. The molecule has 7 heteroatoms. The third-order valence-corrected chi connectivity index (χ3v) is 4.17. The maximum atomic E-state index is 11.6. The van der Waals surface area contributed by atoms with E-state index in [4.69, 9.17) is 14.2 Å². The van der Waals surface area contributed by atoms with E-state index in [9.17, 15) is 4.79 Å². The molecule has 0 saturated carbocycles. The van der Waals surface area contributed by atoms with Gasteiger partial charge in [0.1, 0.15) is 6.61 Å². The lowest BCUT2D eigenvalue weighted by atomic mass is 9.88. The Morgan fingerprint density at radius 2 is 1.45 bits per heavy atom. The lowest BCUT2D eigenvalue weighted by Crippen LogP contribution is -2.38. The Labute approximate surface area is 151 Å². The van der Waals surface area contributed by atoms with E-state index in [1.807, 2.05) is 0 Å². The molecule has 0 unspecified atom stereocenters. The van der Waals surface area contributed by atoms with Crippen molar-refractivity contribution in [3.05, 3.63) is 0 Å². The van der Waals surface area contributed by atoms with Gasteiger partial charge in [-0.3, -0.25) is 4.79 Å². The molecule has 0 amide bonds. The molecular weight excluding hydrogens is 340 g/mol. The quantitative estimate of drug-likeness (QED) is 0.236. The summed E-state index contributed by atoms with van der Waals surface area (Å²) in [4.78, 5) is 11.6. The van der Waals surface area contributed by atoms with Gasteiger partial charge in [-0.05, 0) is 30.8 Å². The van der Waals surface area contributed by atoms with Gasteiger partial charge in [0, 0.05) is 19.0 Å². The van der Waals surface area contributed by atoms with E-state index in [-0.39, 0.29) is 11.4 Å². The number of hydrogen-bond donors (Lipinski definition) is 3. The summed E-state index contributed by atoms with van der Waals surface area (Å²) in [5, 5.41) is 0. The molecule has 0 bridgehead atoms. The highest BCUT2D eigenvalue weighted by Gasteiger charge is 2.31. The molecule has 0 aliphatic heterocycles. The molecule has 0 aliphatic carbocycles. The number of esters is 1. The Morgan fingerprint density at radius 3 is 1.86 bits per heavy atom. The van der Waals surface area contributed by atoms with E-state index in [1.54, 1.807) is 0 Å². The van der Waals surface area contributed by atoms with Crippen LogP contribution in [0.3, 0.4) is 0 Å². The molecule has 0 heterocycles. The van der Waals surface area contributed by atoms with Crippen molar-refractivity contribution in [1.82, 2.24) is 0 Å². The van der Waals surface area contributed by atoms with Gasteiger partial charge >= 0.3 is 5.97 Å². The lowest BCUT2D eigenvalue weighted by molar-refractivity contribution is -0.151. The minimum Gasteiger partial charge on any atom is -0.465 e. The molecular formula is C15H30O4S3. The molecule has 0 spiro atoms. The highest BCUT2D eigenvalue weighted by atomic mass is 32.1. The summed E-state index contributed by atoms with van der Waals surface area (Å²) < 4.78 is 16.8. The van der Waals surface area contributed by atoms with Crippen LogP contribution in [0.1, 0.15) is 32.6 Å². The monoisotopic (exact) mass is 370 g/mol. The molecule has 0 aliphatic rings. The summed E-state index contributed by atoms with van der Waals surface area (Å²) in [6.45, 7) is 4.74. The number of carbonyl (C=O) groups excluding carboxylic acids is 1. The van der Waals surface area contributed by atoms with Crippen LogP contribution in [0.15, 0.2) is 0 Å². The number of ether oxygens (including phenoxy) is 3. The van der Waals surface area contributed by atoms with E-state index in [1.165, 1.54) is 0 Å². The van der Waals surface area contributed by atoms with Crippen LogP contribution in [0.25, 0.3) is 0 Å². The summed E-state index contributed by atoms with van der Waals surface area (Å²) >= 11 is 12.4. The fraction of sp³-hybridized carbons (Fsp3) is 0.933. The SMILES string of the molecule is CCC(COCCCS)(COCCCS)COC(=O)CCS. The average molecular weight is 371 g/mol. The van der Waals surface area contributed by atoms with Crippen molar-refractivity contribution in [2.24, 2.45) is 5.41 Å². The molecule has 0 N–H and O–H groups in total. The standard InChI is InChI=1S/C15H30O4S3/c1-2-15(11-17-6-3-8-20,12-18-7-4-9-21)13-19-14(16)5-10-22/h20-22H,2-13H2,1H3. The molecule has 4 nitrogen and oxygen atoms in total. The van der Waals surface area contributed by atoms with Gasteiger partial charge in [0.2, 0.25) is 0 Å². The summed E-state index contributed by atoms with van der Waals surface area (Å²) in [6.07, 6.45) is 2.96. The minimum absolute atomic E-state index is 0.224. The van der Waals surface area contributed by atoms with Crippen molar-refractivity contribution in [3.8, 4) is 0 Å². The molecule has 0 aromatic rings. The summed E-state index contributed by atoms with van der Waals surface area (Å²) in [5.74, 6) is 1.87. The van der Waals surface area contributed by atoms with Crippen molar-refractivity contribution in [2.45, 2.75) is 32.6 Å². The van der Waals surface area contributed by atoms with Crippen molar-refractivity contribution >= 4 is 43.9 Å². The largest absolute Gasteiger partial charge is 0.465 e. The molecule has 22 heavy (non-hydrogen) atoms. The molecule has 0 atom stereocenters. The highest BCUT2D eigenvalue weighted by Crippen LogP contribution is 2.24. The van der Waals surface area contributed by atoms with E-state index in [2.05, 4.69) is 44.8 Å². The predicted molar refractivity (Wildman–Crippen MR) is 101 cm³/mol. The van der Waals surface area contributed by atoms with Crippen LogP contribution in [-0.2, 0) is 19.0 Å². The Morgan fingerprint density at radius 1 is 0.909 bits per heavy atom. The third kappa shape index (κ3) is 11.0. The van der Waals surface area contributed by atoms with Crippen molar-refractivity contribution in [1.29, 1.82) is 0 Å². The van der Waals surface area contributed by atoms with Crippen LogP contribution in [0, 0.1) is 5.41 Å². The lowest BCUT2D eigenvalue weighted by Gasteiger charge is -2.31. The van der Waals surface area contributed by atoms with Crippen molar-refractivity contribution in [2.75, 3.05) is 50.3 Å². The molecule has 0 rings (SSSR count). The van der Waals surface area contributed by atoms with Crippen LogP contribution in [0.5, 0.6) is 0 Å². The second-order valence-corrected chi connectivity index (χ2v) is 6.59. The highest BCUT2D eigenvalue weighted by molar-refractivity contribution is 7.80. The summed E-state index contributed by atoms with van der Waals surface area (Å²) in [6, 6.07) is 0. The maximum Gasteiger partial charge on any atom is 0.306 e. The minimum atomic E-state index is -0.292. The molecule has 0 radical (unpaired) electrons. The average Bonchev–Trinajstić information content (AvgIpc) is 2.53. The van der Waals surface area contributed by atoms with Crippen molar-refractivity contribution in [3.63, 3.8) is 0 Å². The van der Waals surface area contributed by atoms with Crippen LogP contribution < -0.4 is 0 Å². The van der Waals surface area contributed by atoms with E-state index in [0.29, 0.717) is 45.2 Å². The Hall–Kier alpha value is 0.440. The Bertz CT molecular complexity index is 266. The smallest absolute Gasteiger partial charge is 0.306 e.